The molecule has 0 spiro atoms. The van der Waals surface area contributed by atoms with E-state index < -0.39 is 11.8 Å². The predicted octanol–water partition coefficient (Wildman–Crippen LogP) is 0.873. The normalized spacial score (nSPS) is 28.6. The highest BCUT2D eigenvalue weighted by atomic mass is 32.2. The first-order chi connectivity index (χ1) is 5.06. The molecule has 0 aromatic heterocycles. The smallest absolute Gasteiger partial charge is 0.326 e. The highest BCUT2D eigenvalue weighted by molar-refractivity contribution is 7.98. The fourth-order valence-corrected chi connectivity index (χ4v) is 1.65. The van der Waals surface area contributed by atoms with Gasteiger partial charge in [0, 0.05) is 18.2 Å². The summed E-state index contributed by atoms with van der Waals surface area (Å²) in [7, 11) is 0. The van der Waals surface area contributed by atoms with Gasteiger partial charge in [0.2, 0.25) is 0 Å². The maximum absolute atomic E-state index is 12.5. The molecule has 1 aliphatic heterocycles. The second-order valence-electron chi connectivity index (χ2n) is 2.53. The lowest BCUT2D eigenvalue weighted by Crippen LogP contribution is -2.31. The molecule has 0 bridgehead atoms. The van der Waals surface area contributed by atoms with Crippen LogP contribution >= 0.6 is 11.8 Å². The van der Waals surface area contributed by atoms with Crippen molar-refractivity contribution in [2.24, 2.45) is 0 Å². The summed E-state index contributed by atoms with van der Waals surface area (Å²) in [4.78, 5) is 10.5. The molecule has 1 N–H and O–H groups in total. The molecule has 0 aromatic carbocycles. The number of hydrogen-bond acceptors (Lipinski definition) is 2. The fourth-order valence-electron chi connectivity index (χ4n) is 1.05. The summed E-state index contributed by atoms with van der Waals surface area (Å²) >= 11 is 1.45. The number of nitrogens with one attached hydrogen (secondary N) is 1. The average Bonchev–Trinajstić information content (AvgIpc) is 2.08. The van der Waals surface area contributed by atoms with Crippen molar-refractivity contribution in [3.63, 3.8) is 0 Å². The average molecular weight is 181 g/mol. The number of rotatable bonds is 2. The van der Waals surface area contributed by atoms with Crippen molar-refractivity contribution < 1.29 is 13.6 Å². The molecule has 1 aliphatic rings. The van der Waals surface area contributed by atoms with Crippen LogP contribution in [0.25, 0.3) is 0 Å². The molecule has 64 valence electrons. The first kappa shape index (κ1) is 8.77. The topological polar surface area (TPSA) is 29.1 Å². The van der Waals surface area contributed by atoms with Crippen molar-refractivity contribution in [1.82, 2.24) is 5.32 Å². The first-order valence-corrected chi connectivity index (χ1v) is 4.63. The molecule has 0 aromatic rings. The number of carbonyl (C=O) groups excluding carboxylic acids is 1. The number of carbonyl (C=O) groups is 1. The lowest BCUT2D eigenvalue weighted by atomic mass is 10.2. The van der Waals surface area contributed by atoms with E-state index in [1.54, 1.807) is 0 Å². The summed E-state index contributed by atoms with van der Waals surface area (Å²) in [6.45, 7) is 0. The van der Waals surface area contributed by atoms with Gasteiger partial charge in [0.25, 0.3) is 5.91 Å². The molecular weight excluding hydrogens is 172 g/mol. The summed E-state index contributed by atoms with van der Waals surface area (Å²) in [6.07, 6.45) is 1.47. The molecule has 1 amide bonds. The Morgan fingerprint density at radius 3 is 2.82 bits per heavy atom. The van der Waals surface area contributed by atoms with Gasteiger partial charge in [-0.2, -0.15) is 20.5 Å². The minimum absolute atomic E-state index is 0.354. The van der Waals surface area contributed by atoms with Gasteiger partial charge in [-0.25, -0.2) is 0 Å². The Kier molecular flexibility index (Phi) is 2.37. The lowest BCUT2D eigenvalue weighted by Gasteiger charge is -2.05. The van der Waals surface area contributed by atoms with Crippen LogP contribution in [0.2, 0.25) is 0 Å². The maximum Gasteiger partial charge on any atom is 0.326 e. The molecule has 1 rings (SSSR count). The van der Waals surface area contributed by atoms with Crippen LogP contribution in [-0.4, -0.2) is 29.9 Å². The van der Waals surface area contributed by atoms with Crippen LogP contribution in [0.3, 0.4) is 0 Å². The molecule has 1 saturated heterocycles. The van der Waals surface area contributed by atoms with Gasteiger partial charge in [-0.1, -0.05) is 0 Å². The maximum atomic E-state index is 12.5. The Bertz CT molecular complexity index is 174. The Balaban J connectivity index is 2.50. The standard InChI is InChI=1S/C6H9F2NOS/c1-11-3-4-2-6(7,8)5(10)9-4/h4H,2-3H2,1H3,(H,9,10)/t4-/m0/s1. The Morgan fingerprint density at radius 1 is 1.82 bits per heavy atom. The zero-order valence-electron chi connectivity index (χ0n) is 6.06. The molecule has 2 nitrogen and oxygen atoms in total. The van der Waals surface area contributed by atoms with Crippen molar-refractivity contribution in [1.29, 1.82) is 0 Å². The van der Waals surface area contributed by atoms with Crippen molar-refractivity contribution in [3.8, 4) is 0 Å². The monoisotopic (exact) mass is 181 g/mol. The Labute approximate surface area is 67.7 Å². The summed E-state index contributed by atoms with van der Waals surface area (Å²) in [5.41, 5.74) is 0. The first-order valence-electron chi connectivity index (χ1n) is 3.24. The highest BCUT2D eigenvalue weighted by Crippen LogP contribution is 2.27. The van der Waals surface area contributed by atoms with Gasteiger partial charge < -0.3 is 5.32 Å². The Hall–Kier alpha value is -0.320. The van der Waals surface area contributed by atoms with Crippen LogP contribution < -0.4 is 5.32 Å². The molecule has 1 heterocycles. The van der Waals surface area contributed by atoms with Crippen molar-refractivity contribution in [2.45, 2.75) is 18.4 Å². The molecule has 1 atom stereocenters. The number of halogens is 2. The minimum atomic E-state index is -3.14. The van der Waals surface area contributed by atoms with Crippen LogP contribution in [0.4, 0.5) is 8.78 Å². The van der Waals surface area contributed by atoms with Crippen LogP contribution in [0.5, 0.6) is 0 Å². The minimum Gasteiger partial charge on any atom is -0.347 e. The molecule has 1 fully saturated rings. The molecule has 0 aliphatic carbocycles. The second-order valence-corrected chi connectivity index (χ2v) is 3.44. The fraction of sp³-hybridized carbons (Fsp3) is 0.833. The summed E-state index contributed by atoms with van der Waals surface area (Å²) in [5, 5.41) is 2.24. The van der Waals surface area contributed by atoms with Crippen LogP contribution in [-0.2, 0) is 4.79 Å². The van der Waals surface area contributed by atoms with Crippen LogP contribution in [0.1, 0.15) is 6.42 Å². The van der Waals surface area contributed by atoms with Gasteiger partial charge in [-0.05, 0) is 6.26 Å². The van der Waals surface area contributed by atoms with E-state index in [1.165, 1.54) is 11.8 Å². The third kappa shape index (κ3) is 1.83. The molecular formula is C6H9F2NOS. The van der Waals surface area contributed by atoms with E-state index in [4.69, 9.17) is 0 Å². The largest absolute Gasteiger partial charge is 0.347 e. The zero-order valence-corrected chi connectivity index (χ0v) is 6.88. The third-order valence-electron chi connectivity index (χ3n) is 1.54. The van der Waals surface area contributed by atoms with Crippen molar-refractivity contribution in [2.75, 3.05) is 12.0 Å². The SMILES string of the molecule is CSC[C@@H]1CC(F)(F)C(=O)N1. The van der Waals surface area contributed by atoms with E-state index in [-0.39, 0.29) is 12.5 Å². The highest BCUT2D eigenvalue weighted by Gasteiger charge is 2.47. The van der Waals surface area contributed by atoms with Gasteiger partial charge >= 0.3 is 5.92 Å². The summed E-state index contributed by atoms with van der Waals surface area (Å²) in [5.74, 6) is -3.71. The Morgan fingerprint density at radius 2 is 2.45 bits per heavy atom. The van der Waals surface area contributed by atoms with Crippen molar-refractivity contribution in [3.05, 3.63) is 0 Å². The van der Waals surface area contributed by atoms with E-state index in [0.717, 1.165) is 0 Å². The molecule has 11 heavy (non-hydrogen) atoms. The lowest BCUT2D eigenvalue weighted by molar-refractivity contribution is -0.139. The number of hydrogen-bond donors (Lipinski definition) is 1. The van der Waals surface area contributed by atoms with Gasteiger partial charge in [0.1, 0.15) is 0 Å². The van der Waals surface area contributed by atoms with E-state index in [1.807, 2.05) is 6.26 Å². The quantitative estimate of drug-likeness (QED) is 0.685. The van der Waals surface area contributed by atoms with Gasteiger partial charge in [-0.15, -0.1) is 0 Å². The van der Waals surface area contributed by atoms with E-state index in [0.29, 0.717) is 5.75 Å². The summed E-state index contributed by atoms with van der Waals surface area (Å²) in [6, 6.07) is -0.354. The number of alkyl halides is 2. The van der Waals surface area contributed by atoms with Gasteiger partial charge in [0.05, 0.1) is 0 Å². The zero-order chi connectivity index (χ0) is 8.48. The molecule has 5 heteroatoms. The van der Waals surface area contributed by atoms with Crippen LogP contribution in [0.15, 0.2) is 0 Å². The van der Waals surface area contributed by atoms with Crippen molar-refractivity contribution >= 4 is 17.7 Å². The third-order valence-corrected chi connectivity index (χ3v) is 2.27. The molecule has 0 saturated carbocycles. The van der Waals surface area contributed by atoms with E-state index in [2.05, 4.69) is 5.32 Å². The summed E-state index contributed by atoms with van der Waals surface area (Å²) < 4.78 is 25.0. The molecule has 0 radical (unpaired) electrons. The van der Waals surface area contributed by atoms with Gasteiger partial charge in [0.15, 0.2) is 0 Å². The second kappa shape index (κ2) is 2.97. The predicted molar refractivity (Wildman–Crippen MR) is 39.9 cm³/mol. The molecule has 0 unspecified atom stereocenters. The van der Waals surface area contributed by atoms with Gasteiger partial charge in [-0.3, -0.25) is 4.79 Å². The van der Waals surface area contributed by atoms with Crippen LogP contribution in [0, 0.1) is 0 Å². The number of amides is 1. The number of thioether (sulfide) groups is 1. The van der Waals surface area contributed by atoms with E-state index in [9.17, 15) is 13.6 Å². The van der Waals surface area contributed by atoms with E-state index >= 15 is 0 Å².